The van der Waals surface area contributed by atoms with Crippen LogP contribution in [-0.4, -0.2) is 49.8 Å². The quantitative estimate of drug-likeness (QED) is 0.798. The maximum absolute atomic E-state index is 13.0. The minimum atomic E-state index is -3.37. The van der Waals surface area contributed by atoms with E-state index in [-0.39, 0.29) is 5.41 Å². The van der Waals surface area contributed by atoms with Crippen LogP contribution in [0, 0.1) is 0 Å². The molecule has 146 valence electrons. The van der Waals surface area contributed by atoms with Gasteiger partial charge in [-0.05, 0) is 61.9 Å². The highest BCUT2D eigenvalue weighted by atomic mass is 32.2. The summed E-state index contributed by atoms with van der Waals surface area (Å²) in [5.74, 6) is 0. The second-order valence-corrected chi connectivity index (χ2v) is 10.8. The normalized spacial score (nSPS) is 22.3. The lowest BCUT2D eigenvalue weighted by Crippen LogP contribution is -2.47. The summed E-state index contributed by atoms with van der Waals surface area (Å²) < 4.78 is 27.7. The minimum Gasteiger partial charge on any atom is -0.300 e. The van der Waals surface area contributed by atoms with E-state index in [9.17, 15) is 8.42 Å². The maximum Gasteiger partial charge on any atom is 0.243 e. The fraction of sp³-hybridized carbons (Fsp3) is 0.714. The number of benzene rings is 1. The predicted octanol–water partition coefficient (Wildman–Crippen LogP) is 4.01. The Kier molecular flexibility index (Phi) is 6.10. The van der Waals surface area contributed by atoms with Crippen LogP contribution in [-0.2, 0) is 15.4 Å². The van der Waals surface area contributed by atoms with Crippen molar-refractivity contribution < 1.29 is 8.42 Å². The molecule has 3 rings (SSSR count). The third-order valence-corrected chi connectivity index (χ3v) is 7.85. The van der Waals surface area contributed by atoms with Crippen molar-refractivity contribution in [2.24, 2.45) is 0 Å². The zero-order valence-electron chi connectivity index (χ0n) is 16.6. The van der Waals surface area contributed by atoms with E-state index >= 15 is 0 Å². The lowest BCUT2D eigenvalue weighted by molar-refractivity contribution is 0.144. The number of sulfonamides is 1. The van der Waals surface area contributed by atoms with E-state index in [2.05, 4.69) is 25.7 Å². The first-order valence-electron chi connectivity index (χ1n) is 10.1. The molecule has 0 unspecified atom stereocenters. The van der Waals surface area contributed by atoms with Gasteiger partial charge in [-0.1, -0.05) is 45.7 Å². The summed E-state index contributed by atoms with van der Waals surface area (Å²) in [6.07, 6.45) is 7.18. The van der Waals surface area contributed by atoms with Crippen LogP contribution in [0.3, 0.4) is 0 Å². The molecule has 0 atom stereocenters. The van der Waals surface area contributed by atoms with E-state index in [1.165, 1.54) is 38.8 Å². The van der Waals surface area contributed by atoms with Gasteiger partial charge in [0.05, 0.1) is 4.90 Å². The average Bonchev–Trinajstić information content (AvgIpc) is 2.91. The molecule has 0 radical (unpaired) electrons. The summed E-state index contributed by atoms with van der Waals surface area (Å²) in [5.41, 5.74) is 1.20. The molecule has 1 aromatic carbocycles. The molecule has 2 saturated heterocycles. The third-order valence-electron chi connectivity index (χ3n) is 5.94. The zero-order chi connectivity index (χ0) is 18.8. The van der Waals surface area contributed by atoms with E-state index in [4.69, 9.17) is 0 Å². The number of rotatable bonds is 3. The number of nitrogens with zero attached hydrogens (tertiary/aromatic N) is 2. The van der Waals surface area contributed by atoms with Crippen molar-refractivity contribution in [2.75, 3.05) is 26.2 Å². The molecule has 2 fully saturated rings. The molecular weight excluding hydrogens is 344 g/mol. The molecule has 0 amide bonds. The van der Waals surface area contributed by atoms with Crippen molar-refractivity contribution in [3.8, 4) is 0 Å². The van der Waals surface area contributed by atoms with Crippen molar-refractivity contribution in [1.29, 1.82) is 0 Å². The number of piperidine rings is 1. The van der Waals surface area contributed by atoms with Gasteiger partial charge in [0.15, 0.2) is 0 Å². The van der Waals surface area contributed by atoms with Gasteiger partial charge in [0.2, 0.25) is 10.0 Å². The summed E-state index contributed by atoms with van der Waals surface area (Å²) >= 11 is 0. The van der Waals surface area contributed by atoms with E-state index in [0.29, 0.717) is 24.0 Å². The molecule has 0 bridgehead atoms. The van der Waals surface area contributed by atoms with E-state index in [1.54, 1.807) is 16.4 Å². The molecule has 5 heteroatoms. The van der Waals surface area contributed by atoms with Crippen LogP contribution < -0.4 is 0 Å². The Bertz CT molecular complexity index is 676. The second kappa shape index (κ2) is 7.99. The number of hydrogen-bond acceptors (Lipinski definition) is 3. The van der Waals surface area contributed by atoms with E-state index < -0.39 is 10.0 Å². The minimum absolute atomic E-state index is 0.0355. The summed E-state index contributed by atoms with van der Waals surface area (Å²) in [6.45, 7) is 10.1. The largest absolute Gasteiger partial charge is 0.300 e. The van der Waals surface area contributed by atoms with Crippen molar-refractivity contribution in [2.45, 2.75) is 75.6 Å². The van der Waals surface area contributed by atoms with Gasteiger partial charge in [-0.3, -0.25) is 0 Å². The Labute approximate surface area is 159 Å². The molecule has 1 aromatic rings. The van der Waals surface area contributed by atoms with Gasteiger partial charge >= 0.3 is 0 Å². The molecular formula is C21H34N2O2S. The fourth-order valence-corrected chi connectivity index (χ4v) is 5.65. The third kappa shape index (κ3) is 4.49. The van der Waals surface area contributed by atoms with Crippen LogP contribution in [0.2, 0.25) is 0 Å². The van der Waals surface area contributed by atoms with Crippen LogP contribution in [0.1, 0.15) is 64.9 Å². The van der Waals surface area contributed by atoms with Gasteiger partial charge in [0, 0.05) is 19.1 Å². The summed E-state index contributed by atoms with van der Waals surface area (Å²) in [7, 11) is -3.37. The average molecular weight is 379 g/mol. The van der Waals surface area contributed by atoms with Crippen LogP contribution in [0.15, 0.2) is 29.2 Å². The van der Waals surface area contributed by atoms with Gasteiger partial charge in [0.1, 0.15) is 0 Å². The van der Waals surface area contributed by atoms with Crippen molar-refractivity contribution in [3.63, 3.8) is 0 Å². The molecule has 0 N–H and O–H groups in total. The Morgan fingerprint density at radius 1 is 0.846 bits per heavy atom. The Morgan fingerprint density at radius 2 is 1.38 bits per heavy atom. The van der Waals surface area contributed by atoms with Gasteiger partial charge in [-0.25, -0.2) is 8.42 Å². The van der Waals surface area contributed by atoms with Crippen LogP contribution >= 0.6 is 0 Å². The lowest BCUT2D eigenvalue weighted by Gasteiger charge is -2.37. The van der Waals surface area contributed by atoms with Gasteiger partial charge in [-0.15, -0.1) is 0 Å². The molecule has 2 heterocycles. The first kappa shape index (κ1) is 19.8. The fourth-order valence-electron chi connectivity index (χ4n) is 4.18. The zero-order valence-corrected chi connectivity index (χ0v) is 17.4. The van der Waals surface area contributed by atoms with Crippen LogP contribution in [0.4, 0.5) is 0 Å². The number of hydrogen-bond donors (Lipinski definition) is 0. The first-order chi connectivity index (χ1) is 12.3. The highest BCUT2D eigenvalue weighted by molar-refractivity contribution is 7.89. The molecule has 26 heavy (non-hydrogen) atoms. The molecule has 4 nitrogen and oxygen atoms in total. The van der Waals surface area contributed by atoms with E-state index in [1.807, 2.05) is 12.1 Å². The molecule has 0 aromatic heterocycles. The molecule has 2 aliphatic heterocycles. The molecule has 0 aliphatic carbocycles. The SMILES string of the molecule is CC(C)(C)c1ccc(S(=O)(=O)N2CCC(N3CCCCCC3)CC2)cc1. The van der Waals surface area contributed by atoms with Crippen LogP contribution in [0.5, 0.6) is 0 Å². The van der Waals surface area contributed by atoms with E-state index in [0.717, 1.165) is 18.4 Å². The highest BCUT2D eigenvalue weighted by Gasteiger charge is 2.32. The highest BCUT2D eigenvalue weighted by Crippen LogP contribution is 2.27. The summed E-state index contributed by atoms with van der Waals surface area (Å²) in [6, 6.07) is 8.02. The van der Waals surface area contributed by atoms with Crippen molar-refractivity contribution in [3.05, 3.63) is 29.8 Å². The predicted molar refractivity (Wildman–Crippen MR) is 107 cm³/mol. The van der Waals surface area contributed by atoms with Gasteiger partial charge in [0.25, 0.3) is 0 Å². The summed E-state index contributed by atoms with van der Waals surface area (Å²) in [4.78, 5) is 3.04. The monoisotopic (exact) mass is 378 g/mol. The topological polar surface area (TPSA) is 40.6 Å². The van der Waals surface area contributed by atoms with Crippen molar-refractivity contribution in [1.82, 2.24) is 9.21 Å². The molecule has 2 aliphatic rings. The number of likely N-dealkylation sites (tertiary alicyclic amines) is 1. The van der Waals surface area contributed by atoms with Gasteiger partial charge < -0.3 is 4.90 Å². The second-order valence-electron chi connectivity index (χ2n) is 8.86. The maximum atomic E-state index is 13.0. The smallest absolute Gasteiger partial charge is 0.243 e. The standard InChI is InChI=1S/C21H34N2O2S/c1-21(2,3)18-8-10-20(11-9-18)26(24,25)23-16-12-19(13-17-23)22-14-6-4-5-7-15-22/h8-11,19H,4-7,12-17H2,1-3H3. The lowest BCUT2D eigenvalue weighted by atomic mass is 9.87. The Hall–Kier alpha value is -0.910. The summed E-state index contributed by atoms with van der Waals surface area (Å²) in [5, 5.41) is 0. The van der Waals surface area contributed by atoms with Crippen molar-refractivity contribution >= 4 is 10.0 Å². The first-order valence-corrected chi connectivity index (χ1v) is 11.6. The molecule has 0 spiro atoms. The Morgan fingerprint density at radius 3 is 1.88 bits per heavy atom. The van der Waals surface area contributed by atoms with Crippen LogP contribution in [0.25, 0.3) is 0 Å². The van der Waals surface area contributed by atoms with Gasteiger partial charge in [-0.2, -0.15) is 4.31 Å². The Balaban J connectivity index is 1.64. The molecule has 0 saturated carbocycles.